The van der Waals surface area contributed by atoms with Crippen LogP contribution in [0.2, 0.25) is 0 Å². The quantitative estimate of drug-likeness (QED) is 0.339. The molecule has 1 unspecified atom stereocenters. The van der Waals surface area contributed by atoms with E-state index in [1.54, 1.807) is 36.4 Å². The van der Waals surface area contributed by atoms with Gasteiger partial charge < -0.3 is 19.5 Å². The molecule has 1 N–H and O–H groups in total. The molecule has 2 aromatic carbocycles. The van der Waals surface area contributed by atoms with Crippen molar-refractivity contribution in [1.29, 1.82) is 0 Å². The predicted octanol–water partition coefficient (Wildman–Crippen LogP) is 3.30. The minimum atomic E-state index is -0.973. The van der Waals surface area contributed by atoms with Crippen molar-refractivity contribution >= 4 is 11.9 Å². The Bertz CT molecular complexity index is 819. The van der Waals surface area contributed by atoms with Crippen molar-refractivity contribution in [3.63, 3.8) is 0 Å². The lowest BCUT2D eigenvalue weighted by atomic mass is 10.1. The molecule has 0 fully saturated rings. The summed E-state index contributed by atoms with van der Waals surface area (Å²) in [6, 6.07) is 15.1. The fraction of sp³-hybridized carbons (Fsp3) is 0.217. The van der Waals surface area contributed by atoms with Crippen LogP contribution in [0.15, 0.2) is 79.9 Å². The average Bonchev–Trinajstić information content (AvgIpc) is 2.76. The van der Waals surface area contributed by atoms with Gasteiger partial charge in [0.2, 0.25) is 0 Å². The summed E-state index contributed by atoms with van der Waals surface area (Å²) in [6.07, 6.45) is 3.15. The number of esters is 1. The number of hydrogen-bond acceptors (Lipinski definition) is 5. The molecule has 0 spiro atoms. The SMILES string of the molecule is C=CCOCC(NC(=O)c1ccccc1OCC=C)C(=O)OCc1ccccc1. The van der Waals surface area contributed by atoms with Gasteiger partial charge in [-0.2, -0.15) is 0 Å². The van der Waals surface area contributed by atoms with Gasteiger partial charge in [0.05, 0.1) is 18.8 Å². The number of rotatable bonds is 12. The Morgan fingerprint density at radius 1 is 0.966 bits per heavy atom. The number of para-hydroxylation sites is 1. The maximum absolute atomic E-state index is 12.8. The molecule has 0 saturated heterocycles. The highest BCUT2D eigenvalue weighted by Gasteiger charge is 2.24. The van der Waals surface area contributed by atoms with Gasteiger partial charge in [-0.3, -0.25) is 4.79 Å². The van der Waals surface area contributed by atoms with E-state index in [9.17, 15) is 9.59 Å². The van der Waals surface area contributed by atoms with Crippen LogP contribution in [0.25, 0.3) is 0 Å². The fourth-order valence-corrected chi connectivity index (χ4v) is 2.43. The molecule has 0 radical (unpaired) electrons. The van der Waals surface area contributed by atoms with E-state index in [4.69, 9.17) is 14.2 Å². The number of amides is 1. The molecule has 6 heteroatoms. The molecule has 2 rings (SSSR count). The van der Waals surface area contributed by atoms with Crippen LogP contribution in [-0.4, -0.2) is 37.7 Å². The highest BCUT2D eigenvalue weighted by atomic mass is 16.5. The summed E-state index contributed by atoms with van der Waals surface area (Å²) in [5, 5.41) is 2.67. The van der Waals surface area contributed by atoms with Crippen molar-refractivity contribution in [2.75, 3.05) is 19.8 Å². The van der Waals surface area contributed by atoms with Crippen molar-refractivity contribution in [3.8, 4) is 5.75 Å². The maximum Gasteiger partial charge on any atom is 0.331 e. The molecule has 6 nitrogen and oxygen atoms in total. The first-order valence-electron chi connectivity index (χ1n) is 9.18. The molecular formula is C23H25NO5. The van der Waals surface area contributed by atoms with Gasteiger partial charge in [0.1, 0.15) is 19.0 Å². The van der Waals surface area contributed by atoms with Gasteiger partial charge >= 0.3 is 5.97 Å². The zero-order chi connectivity index (χ0) is 20.9. The Hall–Kier alpha value is -3.38. The molecule has 2 aromatic rings. The highest BCUT2D eigenvalue weighted by molar-refractivity contribution is 5.99. The maximum atomic E-state index is 12.8. The average molecular weight is 395 g/mol. The van der Waals surface area contributed by atoms with Gasteiger partial charge in [-0.1, -0.05) is 61.2 Å². The van der Waals surface area contributed by atoms with Crippen LogP contribution in [-0.2, 0) is 20.9 Å². The largest absolute Gasteiger partial charge is 0.489 e. The third-order valence-electron chi connectivity index (χ3n) is 3.82. The lowest BCUT2D eigenvalue weighted by Crippen LogP contribution is -2.45. The second-order valence-corrected chi connectivity index (χ2v) is 6.04. The first-order chi connectivity index (χ1) is 14.2. The molecule has 0 aliphatic carbocycles. The second kappa shape index (κ2) is 12.2. The van der Waals surface area contributed by atoms with Gasteiger partial charge in [0.15, 0.2) is 6.04 Å². The van der Waals surface area contributed by atoms with E-state index in [0.29, 0.717) is 11.3 Å². The number of carbonyl (C=O) groups is 2. The molecule has 1 amide bonds. The molecule has 0 aliphatic rings. The van der Waals surface area contributed by atoms with Crippen molar-refractivity contribution in [3.05, 3.63) is 91.0 Å². The summed E-state index contributed by atoms with van der Waals surface area (Å²) in [5.74, 6) is -0.655. The molecule has 0 aromatic heterocycles. The number of hydrogen-bond donors (Lipinski definition) is 1. The topological polar surface area (TPSA) is 73.9 Å². The standard InChI is InChI=1S/C23H25NO5/c1-3-14-27-17-20(23(26)29-16-18-10-6-5-7-11-18)24-22(25)19-12-8-9-13-21(19)28-15-4-2/h3-13,20H,1-2,14-17H2,(H,24,25). The van der Waals surface area contributed by atoms with Gasteiger partial charge in [-0.05, 0) is 17.7 Å². The summed E-state index contributed by atoms with van der Waals surface area (Å²) in [7, 11) is 0. The van der Waals surface area contributed by atoms with Crippen molar-refractivity contribution < 1.29 is 23.8 Å². The zero-order valence-electron chi connectivity index (χ0n) is 16.2. The number of nitrogens with one attached hydrogen (secondary N) is 1. The fourth-order valence-electron chi connectivity index (χ4n) is 2.43. The smallest absolute Gasteiger partial charge is 0.331 e. The minimum Gasteiger partial charge on any atom is -0.489 e. The molecule has 1 atom stereocenters. The third kappa shape index (κ3) is 7.27. The third-order valence-corrected chi connectivity index (χ3v) is 3.82. The summed E-state index contributed by atoms with van der Waals surface area (Å²) < 4.78 is 16.2. The van der Waals surface area contributed by atoms with Crippen molar-refractivity contribution in [2.45, 2.75) is 12.6 Å². The van der Waals surface area contributed by atoms with Crippen LogP contribution in [0.4, 0.5) is 0 Å². The molecule has 0 aliphatic heterocycles. The van der Waals surface area contributed by atoms with E-state index < -0.39 is 17.9 Å². The Kier molecular flexibility index (Phi) is 9.18. The first kappa shape index (κ1) is 21.9. The van der Waals surface area contributed by atoms with Crippen LogP contribution in [0.1, 0.15) is 15.9 Å². The van der Waals surface area contributed by atoms with Gasteiger partial charge in [0.25, 0.3) is 5.91 Å². The highest BCUT2D eigenvalue weighted by Crippen LogP contribution is 2.18. The monoisotopic (exact) mass is 395 g/mol. The van der Waals surface area contributed by atoms with Crippen LogP contribution < -0.4 is 10.1 Å². The van der Waals surface area contributed by atoms with Crippen LogP contribution in [0.5, 0.6) is 5.75 Å². The van der Waals surface area contributed by atoms with E-state index >= 15 is 0 Å². The van der Waals surface area contributed by atoms with Crippen molar-refractivity contribution in [2.24, 2.45) is 0 Å². The Balaban J connectivity index is 2.06. The zero-order valence-corrected chi connectivity index (χ0v) is 16.2. The predicted molar refractivity (Wildman–Crippen MR) is 111 cm³/mol. The normalized spacial score (nSPS) is 11.2. The summed E-state index contributed by atoms with van der Waals surface area (Å²) in [6.45, 7) is 7.74. The molecule has 29 heavy (non-hydrogen) atoms. The van der Waals surface area contributed by atoms with Crippen LogP contribution >= 0.6 is 0 Å². The molecule has 0 bridgehead atoms. The summed E-state index contributed by atoms with van der Waals surface area (Å²) >= 11 is 0. The van der Waals surface area contributed by atoms with E-state index in [2.05, 4.69) is 18.5 Å². The minimum absolute atomic E-state index is 0.0406. The summed E-state index contributed by atoms with van der Waals surface area (Å²) in [5.41, 5.74) is 1.15. The number of benzene rings is 2. The Labute approximate surface area is 170 Å². The Morgan fingerprint density at radius 3 is 2.38 bits per heavy atom. The Morgan fingerprint density at radius 2 is 1.66 bits per heavy atom. The van der Waals surface area contributed by atoms with Gasteiger partial charge in [-0.25, -0.2) is 4.79 Å². The van der Waals surface area contributed by atoms with E-state index in [1.165, 1.54) is 0 Å². The summed E-state index contributed by atoms with van der Waals surface area (Å²) in [4.78, 5) is 25.3. The van der Waals surface area contributed by atoms with Crippen LogP contribution in [0.3, 0.4) is 0 Å². The van der Waals surface area contributed by atoms with Crippen LogP contribution in [0, 0.1) is 0 Å². The van der Waals surface area contributed by atoms with E-state index in [-0.39, 0.29) is 26.4 Å². The van der Waals surface area contributed by atoms with Crippen molar-refractivity contribution in [1.82, 2.24) is 5.32 Å². The van der Waals surface area contributed by atoms with E-state index in [1.807, 2.05) is 30.3 Å². The van der Waals surface area contributed by atoms with Gasteiger partial charge in [-0.15, -0.1) is 6.58 Å². The molecule has 0 saturated carbocycles. The second-order valence-electron chi connectivity index (χ2n) is 6.04. The lowest BCUT2D eigenvalue weighted by molar-refractivity contribution is -0.148. The first-order valence-corrected chi connectivity index (χ1v) is 9.18. The molecule has 0 heterocycles. The number of ether oxygens (including phenoxy) is 3. The van der Waals surface area contributed by atoms with Gasteiger partial charge in [0, 0.05) is 0 Å². The lowest BCUT2D eigenvalue weighted by Gasteiger charge is -2.18. The molecular weight excluding hydrogens is 370 g/mol. The van der Waals surface area contributed by atoms with E-state index in [0.717, 1.165) is 5.56 Å². The number of carbonyl (C=O) groups excluding carboxylic acids is 2. The molecule has 152 valence electrons.